The SMILES string of the molecule is C1Cc2nc(C3CCCN3)sc2C1. The van der Waals surface area contributed by atoms with E-state index in [1.54, 1.807) is 4.88 Å². The van der Waals surface area contributed by atoms with E-state index in [1.807, 2.05) is 11.3 Å². The van der Waals surface area contributed by atoms with Crippen molar-refractivity contribution in [2.75, 3.05) is 6.54 Å². The molecule has 0 spiro atoms. The summed E-state index contributed by atoms with van der Waals surface area (Å²) in [7, 11) is 0. The van der Waals surface area contributed by atoms with Crippen molar-refractivity contribution in [2.24, 2.45) is 0 Å². The minimum Gasteiger partial charge on any atom is -0.308 e. The molecule has 0 saturated carbocycles. The minimum absolute atomic E-state index is 0.579. The van der Waals surface area contributed by atoms with Crippen LogP contribution < -0.4 is 5.32 Å². The summed E-state index contributed by atoms with van der Waals surface area (Å²) < 4.78 is 0. The standard InChI is InChI=1S/C10H14N2S/c1-3-7-9(5-1)13-10(12-7)8-4-2-6-11-8/h8,11H,1-6H2. The first-order valence-corrected chi connectivity index (χ1v) is 5.97. The molecule has 1 aliphatic heterocycles. The Kier molecular flexibility index (Phi) is 1.87. The van der Waals surface area contributed by atoms with E-state index in [-0.39, 0.29) is 0 Å². The minimum atomic E-state index is 0.579. The van der Waals surface area contributed by atoms with E-state index in [0.29, 0.717) is 6.04 Å². The summed E-state index contributed by atoms with van der Waals surface area (Å²) in [6.07, 6.45) is 6.42. The number of hydrogen-bond acceptors (Lipinski definition) is 3. The number of fused-ring (bicyclic) bond motifs is 1. The van der Waals surface area contributed by atoms with Gasteiger partial charge in [0, 0.05) is 4.88 Å². The van der Waals surface area contributed by atoms with Gasteiger partial charge in [-0.3, -0.25) is 0 Å². The first kappa shape index (κ1) is 7.94. The molecule has 1 aliphatic carbocycles. The van der Waals surface area contributed by atoms with Crippen LogP contribution in [-0.2, 0) is 12.8 Å². The number of nitrogens with zero attached hydrogens (tertiary/aromatic N) is 1. The zero-order valence-electron chi connectivity index (χ0n) is 7.68. The van der Waals surface area contributed by atoms with E-state index in [0.717, 1.165) is 0 Å². The third kappa shape index (κ3) is 1.30. The van der Waals surface area contributed by atoms with Crippen LogP contribution in [0.15, 0.2) is 0 Å². The fraction of sp³-hybridized carbons (Fsp3) is 0.700. The Labute approximate surface area is 82.4 Å². The van der Waals surface area contributed by atoms with Gasteiger partial charge in [0.05, 0.1) is 11.7 Å². The van der Waals surface area contributed by atoms with Gasteiger partial charge in [0.15, 0.2) is 0 Å². The van der Waals surface area contributed by atoms with Crippen LogP contribution in [-0.4, -0.2) is 11.5 Å². The first-order valence-electron chi connectivity index (χ1n) is 5.15. The molecule has 0 aromatic carbocycles. The van der Waals surface area contributed by atoms with Crippen molar-refractivity contribution in [3.8, 4) is 0 Å². The summed E-state index contributed by atoms with van der Waals surface area (Å²) >= 11 is 1.95. The number of rotatable bonds is 1. The van der Waals surface area contributed by atoms with Crippen LogP contribution in [0.2, 0.25) is 0 Å². The Balaban J connectivity index is 1.88. The average molecular weight is 194 g/mol. The quantitative estimate of drug-likeness (QED) is 0.740. The highest BCUT2D eigenvalue weighted by Gasteiger charge is 2.23. The Morgan fingerprint density at radius 1 is 1.31 bits per heavy atom. The lowest BCUT2D eigenvalue weighted by Gasteiger charge is -2.04. The smallest absolute Gasteiger partial charge is 0.110 e. The molecule has 0 bridgehead atoms. The second-order valence-corrected chi connectivity index (χ2v) is 5.04. The van der Waals surface area contributed by atoms with E-state index in [2.05, 4.69) is 5.32 Å². The van der Waals surface area contributed by atoms with Crippen molar-refractivity contribution in [1.29, 1.82) is 0 Å². The van der Waals surface area contributed by atoms with E-state index in [9.17, 15) is 0 Å². The molecule has 2 heterocycles. The summed E-state index contributed by atoms with van der Waals surface area (Å²) in [5.41, 5.74) is 1.40. The molecule has 1 fully saturated rings. The number of aryl methyl sites for hydroxylation is 2. The molecule has 0 amide bonds. The van der Waals surface area contributed by atoms with Gasteiger partial charge in [-0.15, -0.1) is 11.3 Å². The Morgan fingerprint density at radius 3 is 3.08 bits per heavy atom. The van der Waals surface area contributed by atoms with E-state index in [4.69, 9.17) is 4.98 Å². The van der Waals surface area contributed by atoms with Crippen LogP contribution in [0.25, 0.3) is 0 Å². The summed E-state index contributed by atoms with van der Waals surface area (Å²) in [6, 6.07) is 0.579. The van der Waals surface area contributed by atoms with Crippen molar-refractivity contribution in [3.63, 3.8) is 0 Å². The molecule has 13 heavy (non-hydrogen) atoms. The molecule has 1 saturated heterocycles. The zero-order valence-corrected chi connectivity index (χ0v) is 8.49. The largest absolute Gasteiger partial charge is 0.308 e. The van der Waals surface area contributed by atoms with Gasteiger partial charge < -0.3 is 5.32 Å². The second-order valence-electron chi connectivity index (χ2n) is 3.92. The molecule has 2 nitrogen and oxygen atoms in total. The van der Waals surface area contributed by atoms with Gasteiger partial charge in [0.1, 0.15) is 5.01 Å². The van der Waals surface area contributed by atoms with Crippen molar-refractivity contribution in [1.82, 2.24) is 10.3 Å². The van der Waals surface area contributed by atoms with Crippen molar-refractivity contribution in [3.05, 3.63) is 15.6 Å². The van der Waals surface area contributed by atoms with Crippen molar-refractivity contribution >= 4 is 11.3 Å². The Hall–Kier alpha value is -0.410. The van der Waals surface area contributed by atoms with E-state index >= 15 is 0 Å². The lowest BCUT2D eigenvalue weighted by Crippen LogP contribution is -2.12. The predicted octanol–water partition coefficient (Wildman–Crippen LogP) is 2.06. The average Bonchev–Trinajstić information content (AvgIpc) is 2.78. The van der Waals surface area contributed by atoms with Crippen LogP contribution in [0.4, 0.5) is 0 Å². The molecule has 1 aromatic rings. The predicted molar refractivity (Wildman–Crippen MR) is 54.1 cm³/mol. The maximum absolute atomic E-state index is 4.73. The third-order valence-corrected chi connectivity index (χ3v) is 4.24. The van der Waals surface area contributed by atoms with Gasteiger partial charge in [0.2, 0.25) is 0 Å². The van der Waals surface area contributed by atoms with Gasteiger partial charge in [-0.25, -0.2) is 4.98 Å². The monoisotopic (exact) mass is 194 g/mol. The zero-order chi connectivity index (χ0) is 8.67. The van der Waals surface area contributed by atoms with Crippen LogP contribution in [0, 0.1) is 0 Å². The summed E-state index contributed by atoms with van der Waals surface area (Å²) in [5.74, 6) is 0. The van der Waals surface area contributed by atoms with Crippen LogP contribution in [0.1, 0.15) is 40.9 Å². The molecule has 70 valence electrons. The van der Waals surface area contributed by atoms with Crippen molar-refractivity contribution in [2.45, 2.75) is 38.1 Å². The normalized spacial score (nSPS) is 26.6. The highest BCUT2D eigenvalue weighted by atomic mass is 32.1. The molecule has 1 atom stereocenters. The maximum atomic E-state index is 4.73. The fourth-order valence-corrected chi connectivity index (χ4v) is 3.52. The van der Waals surface area contributed by atoms with E-state index in [1.165, 1.54) is 49.4 Å². The lowest BCUT2D eigenvalue weighted by atomic mass is 10.2. The van der Waals surface area contributed by atoms with Crippen molar-refractivity contribution < 1.29 is 0 Å². The Bertz CT molecular complexity index is 291. The van der Waals surface area contributed by atoms with Gasteiger partial charge in [-0.2, -0.15) is 0 Å². The molecule has 1 unspecified atom stereocenters. The lowest BCUT2D eigenvalue weighted by molar-refractivity contribution is 0.640. The van der Waals surface area contributed by atoms with Gasteiger partial charge in [0.25, 0.3) is 0 Å². The summed E-state index contributed by atoms with van der Waals surface area (Å²) in [4.78, 5) is 6.29. The van der Waals surface area contributed by atoms with Crippen LogP contribution in [0.5, 0.6) is 0 Å². The molecular formula is C10H14N2S. The van der Waals surface area contributed by atoms with Crippen LogP contribution >= 0.6 is 11.3 Å². The maximum Gasteiger partial charge on any atom is 0.110 e. The number of nitrogens with one attached hydrogen (secondary N) is 1. The molecule has 1 aromatic heterocycles. The van der Waals surface area contributed by atoms with Gasteiger partial charge >= 0.3 is 0 Å². The summed E-state index contributed by atoms with van der Waals surface area (Å²) in [5, 5.41) is 4.86. The molecule has 2 aliphatic rings. The highest BCUT2D eigenvalue weighted by Crippen LogP contribution is 2.33. The highest BCUT2D eigenvalue weighted by molar-refractivity contribution is 7.11. The molecule has 0 radical (unpaired) electrons. The Morgan fingerprint density at radius 2 is 2.31 bits per heavy atom. The topological polar surface area (TPSA) is 24.9 Å². The molecular weight excluding hydrogens is 180 g/mol. The molecule has 1 N–H and O–H groups in total. The number of aromatic nitrogens is 1. The number of thiazole rings is 1. The first-order chi connectivity index (χ1) is 6.43. The van der Waals surface area contributed by atoms with Gasteiger partial charge in [-0.1, -0.05) is 0 Å². The van der Waals surface area contributed by atoms with Gasteiger partial charge in [-0.05, 0) is 38.6 Å². The van der Waals surface area contributed by atoms with E-state index < -0.39 is 0 Å². The summed E-state index contributed by atoms with van der Waals surface area (Å²) in [6.45, 7) is 1.18. The number of hydrogen-bond donors (Lipinski definition) is 1. The fourth-order valence-electron chi connectivity index (χ4n) is 2.25. The second kappa shape index (κ2) is 3.07. The molecule has 3 rings (SSSR count). The van der Waals surface area contributed by atoms with Crippen LogP contribution in [0.3, 0.4) is 0 Å². The third-order valence-electron chi connectivity index (χ3n) is 2.97. The molecule has 3 heteroatoms.